The molecular weight excluding hydrogens is 313 g/mol. The molecule has 7 heteroatoms. The molecule has 2 aliphatic carbocycles. The van der Waals surface area contributed by atoms with Gasteiger partial charge in [0.2, 0.25) is 5.69 Å². The number of hydrogen-bond donors (Lipinski definition) is 0. The second kappa shape index (κ2) is 7.16. The van der Waals surface area contributed by atoms with E-state index in [9.17, 15) is 4.79 Å². The number of nitrogens with zero attached hydrogens (tertiary/aromatic N) is 3. The molecule has 2 aliphatic rings. The predicted octanol–water partition coefficient (Wildman–Crippen LogP) is 3.41. The van der Waals surface area contributed by atoms with E-state index in [0.717, 1.165) is 12.8 Å². The van der Waals surface area contributed by atoms with Crippen LogP contribution in [0.3, 0.4) is 0 Å². The molecular formula is C16H26N3O3P. The van der Waals surface area contributed by atoms with Crippen molar-refractivity contribution >= 4 is 14.7 Å². The predicted molar refractivity (Wildman–Crippen MR) is 89.4 cm³/mol. The van der Waals surface area contributed by atoms with Crippen molar-refractivity contribution in [2.45, 2.75) is 64.4 Å². The van der Waals surface area contributed by atoms with Gasteiger partial charge in [-0.3, -0.25) is 0 Å². The minimum absolute atomic E-state index is 0.156. The first-order valence-electron chi connectivity index (χ1n) is 8.65. The summed E-state index contributed by atoms with van der Waals surface area (Å²) >= 11 is 0. The van der Waals surface area contributed by atoms with Gasteiger partial charge in [0.05, 0.1) is 6.61 Å². The fraction of sp³-hybridized carbons (Fsp3) is 0.812. The lowest BCUT2D eigenvalue weighted by Crippen LogP contribution is -2.31. The third kappa shape index (κ3) is 3.52. The highest BCUT2D eigenvalue weighted by Gasteiger charge is 2.38. The highest BCUT2D eigenvalue weighted by molar-refractivity contribution is 7.35. The summed E-state index contributed by atoms with van der Waals surface area (Å²) in [7, 11) is 0.375. The van der Waals surface area contributed by atoms with Crippen molar-refractivity contribution in [2.24, 2.45) is 5.41 Å². The minimum Gasteiger partial charge on any atom is -0.473 e. The van der Waals surface area contributed by atoms with Crippen LogP contribution in [0.25, 0.3) is 0 Å². The third-order valence-electron chi connectivity index (χ3n) is 5.25. The summed E-state index contributed by atoms with van der Waals surface area (Å²) in [5, 5.41) is 7.99. The van der Waals surface area contributed by atoms with E-state index in [1.807, 2.05) is 6.66 Å². The molecule has 1 aromatic heterocycles. The molecule has 0 aromatic carbocycles. The Morgan fingerprint density at radius 3 is 2.61 bits per heavy atom. The number of carbonyl (C=O) groups excluding carboxylic acids is 1. The molecule has 1 unspecified atom stereocenters. The molecule has 3 rings (SSSR count). The average molecular weight is 339 g/mol. The van der Waals surface area contributed by atoms with Crippen LogP contribution in [0.15, 0.2) is 0 Å². The van der Waals surface area contributed by atoms with Crippen LogP contribution in [0, 0.1) is 5.41 Å². The molecule has 0 bridgehead atoms. The zero-order chi connectivity index (χ0) is 16.3. The zero-order valence-electron chi connectivity index (χ0n) is 14.0. The second-order valence-electron chi connectivity index (χ2n) is 6.62. The van der Waals surface area contributed by atoms with Crippen LogP contribution in [0.2, 0.25) is 0 Å². The first kappa shape index (κ1) is 16.7. The molecule has 1 heterocycles. The number of aromatic nitrogens is 3. The number of rotatable bonds is 5. The average Bonchev–Trinajstić information content (AvgIpc) is 3.17. The van der Waals surface area contributed by atoms with Crippen molar-refractivity contribution in [1.82, 2.24) is 14.8 Å². The molecule has 0 radical (unpaired) electrons. The van der Waals surface area contributed by atoms with Gasteiger partial charge >= 0.3 is 5.97 Å². The molecule has 0 saturated heterocycles. The van der Waals surface area contributed by atoms with Crippen molar-refractivity contribution in [3.8, 4) is 5.88 Å². The first-order chi connectivity index (χ1) is 11.2. The summed E-state index contributed by atoms with van der Waals surface area (Å²) in [6.07, 6.45) is 10.3. The topological polar surface area (TPSA) is 66.2 Å². The van der Waals surface area contributed by atoms with Crippen molar-refractivity contribution < 1.29 is 14.3 Å². The summed E-state index contributed by atoms with van der Waals surface area (Å²) in [5.41, 5.74) is 0.789. The van der Waals surface area contributed by atoms with Gasteiger partial charge < -0.3 is 9.47 Å². The molecule has 1 spiro atoms. The van der Waals surface area contributed by atoms with E-state index in [1.165, 1.54) is 38.5 Å². The minimum atomic E-state index is -0.449. The SMILES string of the molecule is CCOC(=O)c1nnn(PC)c1OC1CCC2(CCCC2)CC1. The van der Waals surface area contributed by atoms with Crippen LogP contribution >= 0.6 is 8.73 Å². The molecule has 23 heavy (non-hydrogen) atoms. The smallest absolute Gasteiger partial charge is 0.364 e. The Labute approximate surface area is 139 Å². The van der Waals surface area contributed by atoms with Crippen molar-refractivity contribution in [1.29, 1.82) is 0 Å². The van der Waals surface area contributed by atoms with Crippen molar-refractivity contribution in [3.05, 3.63) is 5.69 Å². The van der Waals surface area contributed by atoms with Gasteiger partial charge in [0.1, 0.15) is 6.10 Å². The molecule has 0 N–H and O–H groups in total. The number of carbonyl (C=O) groups is 1. The Hall–Kier alpha value is -1.16. The maximum absolute atomic E-state index is 12.0. The van der Waals surface area contributed by atoms with Crippen molar-refractivity contribution in [2.75, 3.05) is 13.3 Å². The number of ether oxygens (including phenoxy) is 2. The molecule has 0 aliphatic heterocycles. The molecule has 6 nitrogen and oxygen atoms in total. The summed E-state index contributed by atoms with van der Waals surface area (Å²) in [4.78, 5) is 12.0. The van der Waals surface area contributed by atoms with Crippen LogP contribution < -0.4 is 4.74 Å². The summed E-state index contributed by atoms with van der Waals surface area (Å²) in [6, 6.07) is 0. The highest BCUT2D eigenvalue weighted by Crippen LogP contribution is 2.49. The summed E-state index contributed by atoms with van der Waals surface area (Å²) in [5.74, 6) is 0.0340. The Balaban J connectivity index is 1.67. The molecule has 2 saturated carbocycles. The van der Waals surface area contributed by atoms with E-state index in [1.54, 1.807) is 11.4 Å². The van der Waals surface area contributed by atoms with Crippen molar-refractivity contribution in [3.63, 3.8) is 0 Å². The number of esters is 1. The van der Waals surface area contributed by atoms with Gasteiger partial charge in [-0.1, -0.05) is 18.1 Å². The fourth-order valence-corrected chi connectivity index (χ4v) is 4.45. The van der Waals surface area contributed by atoms with Crippen LogP contribution in [0.5, 0.6) is 5.88 Å². The quantitative estimate of drug-likeness (QED) is 0.607. The molecule has 2 fully saturated rings. The van der Waals surface area contributed by atoms with Gasteiger partial charge in [-0.15, -0.1) is 5.10 Å². The summed E-state index contributed by atoms with van der Waals surface area (Å²) in [6.45, 7) is 4.10. The highest BCUT2D eigenvalue weighted by atomic mass is 31.1. The molecule has 128 valence electrons. The van der Waals surface area contributed by atoms with E-state index >= 15 is 0 Å². The monoisotopic (exact) mass is 339 g/mol. The van der Waals surface area contributed by atoms with E-state index in [-0.39, 0.29) is 11.8 Å². The van der Waals surface area contributed by atoms with Crippen LogP contribution in [0.4, 0.5) is 0 Å². The van der Waals surface area contributed by atoms with Crippen LogP contribution in [-0.2, 0) is 4.74 Å². The molecule has 0 amide bonds. The van der Waals surface area contributed by atoms with Gasteiger partial charge in [0.15, 0.2) is 0 Å². The third-order valence-corrected chi connectivity index (χ3v) is 5.96. The Kier molecular flexibility index (Phi) is 5.20. The largest absolute Gasteiger partial charge is 0.473 e. The lowest BCUT2D eigenvalue weighted by Gasteiger charge is -2.37. The van der Waals surface area contributed by atoms with Gasteiger partial charge in [-0.05, 0) is 57.5 Å². The maximum atomic E-state index is 12.0. The number of hydrogen-bond acceptors (Lipinski definition) is 5. The lowest BCUT2D eigenvalue weighted by atomic mass is 9.72. The fourth-order valence-electron chi connectivity index (χ4n) is 3.96. The second-order valence-corrected chi connectivity index (χ2v) is 7.49. The lowest BCUT2D eigenvalue weighted by molar-refractivity contribution is 0.0495. The van der Waals surface area contributed by atoms with Gasteiger partial charge in [0.25, 0.3) is 5.88 Å². The van der Waals surface area contributed by atoms with Crippen LogP contribution in [0.1, 0.15) is 68.8 Å². The Morgan fingerprint density at radius 1 is 1.30 bits per heavy atom. The Morgan fingerprint density at radius 2 is 2.00 bits per heavy atom. The van der Waals surface area contributed by atoms with Gasteiger partial charge in [-0.25, -0.2) is 4.79 Å². The first-order valence-corrected chi connectivity index (χ1v) is 10.1. The van der Waals surface area contributed by atoms with E-state index in [0.29, 0.717) is 26.6 Å². The van der Waals surface area contributed by atoms with E-state index < -0.39 is 5.97 Å². The standard InChI is InChI=1S/C16H26N3O3P/c1-3-21-15(20)13-14(19(23-2)18-17-13)22-12-6-10-16(11-7-12)8-4-5-9-16/h12,23H,3-11H2,1-2H3. The zero-order valence-corrected chi connectivity index (χ0v) is 15.0. The molecule has 1 aromatic rings. The van der Waals surface area contributed by atoms with Gasteiger partial charge in [0, 0.05) is 8.73 Å². The molecule has 1 atom stereocenters. The maximum Gasteiger partial charge on any atom is 0.364 e. The summed E-state index contributed by atoms with van der Waals surface area (Å²) < 4.78 is 12.9. The van der Waals surface area contributed by atoms with E-state index in [2.05, 4.69) is 10.3 Å². The Bertz CT molecular complexity index is 545. The van der Waals surface area contributed by atoms with E-state index in [4.69, 9.17) is 9.47 Å². The normalized spacial score (nSPS) is 21.3. The van der Waals surface area contributed by atoms with Gasteiger partial charge in [-0.2, -0.15) is 4.45 Å². The van der Waals surface area contributed by atoms with Crippen LogP contribution in [-0.4, -0.2) is 40.1 Å².